The molecule has 0 saturated carbocycles. The van der Waals surface area contributed by atoms with E-state index in [-0.39, 0.29) is 0 Å². The minimum Gasteiger partial charge on any atom is -0.464 e. The molecule has 0 radical (unpaired) electrons. The van der Waals surface area contributed by atoms with Crippen LogP contribution in [0.15, 0.2) is 71.3 Å². The van der Waals surface area contributed by atoms with Crippen LogP contribution in [-0.2, 0) is 0 Å². The zero-order valence-electron chi connectivity index (χ0n) is 10.0. The first-order chi connectivity index (χ1) is 9.33. The van der Waals surface area contributed by atoms with Crippen molar-refractivity contribution in [2.75, 3.05) is 0 Å². The first-order valence-corrected chi connectivity index (χ1v) is 6.27. The van der Waals surface area contributed by atoms with Crippen LogP contribution in [0.3, 0.4) is 0 Å². The standard InChI is InChI=1S/C16H11ClO2/c17-12-7-9-13(10-8-12)19-16-5-2-1-4-14(16)15-6-3-11-18-15/h1-11H. The summed E-state index contributed by atoms with van der Waals surface area (Å²) in [5.41, 5.74) is 0.919. The lowest BCUT2D eigenvalue weighted by Gasteiger charge is -2.09. The van der Waals surface area contributed by atoms with Gasteiger partial charge < -0.3 is 9.15 Å². The van der Waals surface area contributed by atoms with Gasteiger partial charge in [-0.3, -0.25) is 0 Å². The Hall–Kier alpha value is -2.19. The van der Waals surface area contributed by atoms with E-state index in [0.29, 0.717) is 5.02 Å². The van der Waals surface area contributed by atoms with Crippen LogP contribution in [0.2, 0.25) is 5.02 Å². The van der Waals surface area contributed by atoms with E-state index in [4.69, 9.17) is 20.8 Å². The van der Waals surface area contributed by atoms with E-state index >= 15 is 0 Å². The van der Waals surface area contributed by atoms with Gasteiger partial charge in [0.15, 0.2) is 0 Å². The average Bonchev–Trinajstić information content (AvgIpc) is 2.96. The third kappa shape index (κ3) is 2.64. The van der Waals surface area contributed by atoms with E-state index in [9.17, 15) is 0 Å². The lowest BCUT2D eigenvalue weighted by molar-refractivity contribution is 0.481. The Balaban J connectivity index is 1.95. The molecule has 1 aromatic heterocycles. The Bertz CT molecular complexity index is 657. The molecule has 0 unspecified atom stereocenters. The number of hydrogen-bond donors (Lipinski definition) is 0. The van der Waals surface area contributed by atoms with Gasteiger partial charge in [-0.25, -0.2) is 0 Å². The fraction of sp³-hybridized carbons (Fsp3) is 0. The predicted molar refractivity (Wildman–Crippen MR) is 75.7 cm³/mol. The van der Waals surface area contributed by atoms with Gasteiger partial charge in [0.05, 0.1) is 11.8 Å². The molecule has 3 rings (SSSR count). The van der Waals surface area contributed by atoms with Crippen molar-refractivity contribution in [1.29, 1.82) is 0 Å². The fourth-order valence-corrected chi connectivity index (χ4v) is 1.95. The Labute approximate surface area is 116 Å². The summed E-state index contributed by atoms with van der Waals surface area (Å²) in [6.07, 6.45) is 1.65. The summed E-state index contributed by atoms with van der Waals surface area (Å²) in [5.74, 6) is 2.27. The normalized spacial score (nSPS) is 10.4. The molecule has 2 nitrogen and oxygen atoms in total. The highest BCUT2D eigenvalue weighted by Gasteiger charge is 2.08. The first-order valence-electron chi connectivity index (χ1n) is 5.89. The molecular formula is C16H11ClO2. The molecule has 3 aromatic rings. The monoisotopic (exact) mass is 270 g/mol. The van der Waals surface area contributed by atoms with Crippen molar-refractivity contribution in [3.8, 4) is 22.8 Å². The van der Waals surface area contributed by atoms with Crippen molar-refractivity contribution < 1.29 is 9.15 Å². The minimum absolute atomic E-state index is 0.687. The number of halogens is 1. The lowest BCUT2D eigenvalue weighted by Crippen LogP contribution is -1.87. The molecule has 0 aliphatic heterocycles. The summed E-state index contributed by atoms with van der Waals surface area (Å²) in [4.78, 5) is 0. The highest BCUT2D eigenvalue weighted by molar-refractivity contribution is 6.30. The predicted octanol–water partition coefficient (Wildman–Crippen LogP) is 5.39. The summed E-state index contributed by atoms with van der Waals surface area (Å²) in [6, 6.07) is 18.8. The van der Waals surface area contributed by atoms with Crippen molar-refractivity contribution in [2.24, 2.45) is 0 Å². The van der Waals surface area contributed by atoms with Gasteiger partial charge in [0.25, 0.3) is 0 Å². The molecule has 0 N–H and O–H groups in total. The second kappa shape index (κ2) is 5.21. The quantitative estimate of drug-likeness (QED) is 0.636. The van der Waals surface area contributed by atoms with Crippen LogP contribution in [0.25, 0.3) is 11.3 Å². The van der Waals surface area contributed by atoms with Crippen molar-refractivity contribution >= 4 is 11.6 Å². The lowest BCUT2D eigenvalue weighted by atomic mass is 10.1. The van der Waals surface area contributed by atoms with Crippen molar-refractivity contribution in [1.82, 2.24) is 0 Å². The zero-order valence-corrected chi connectivity index (χ0v) is 10.8. The zero-order chi connectivity index (χ0) is 13.1. The molecule has 0 bridgehead atoms. The topological polar surface area (TPSA) is 22.4 Å². The van der Waals surface area contributed by atoms with E-state index in [2.05, 4.69) is 0 Å². The molecule has 94 valence electrons. The Morgan fingerprint density at radius 1 is 0.842 bits per heavy atom. The van der Waals surface area contributed by atoms with Gasteiger partial charge in [-0.15, -0.1) is 0 Å². The van der Waals surface area contributed by atoms with Crippen LogP contribution in [0.5, 0.6) is 11.5 Å². The summed E-state index contributed by atoms with van der Waals surface area (Å²) in [7, 11) is 0. The van der Waals surface area contributed by atoms with Crippen LogP contribution in [-0.4, -0.2) is 0 Å². The van der Waals surface area contributed by atoms with Crippen LogP contribution in [0, 0.1) is 0 Å². The Morgan fingerprint density at radius 2 is 1.63 bits per heavy atom. The number of hydrogen-bond acceptors (Lipinski definition) is 2. The smallest absolute Gasteiger partial charge is 0.138 e. The van der Waals surface area contributed by atoms with Gasteiger partial charge in [0.2, 0.25) is 0 Å². The van der Waals surface area contributed by atoms with Crippen molar-refractivity contribution in [2.45, 2.75) is 0 Å². The van der Waals surface area contributed by atoms with Gasteiger partial charge in [0.1, 0.15) is 17.3 Å². The second-order valence-corrected chi connectivity index (χ2v) is 4.47. The van der Waals surface area contributed by atoms with E-state index < -0.39 is 0 Å². The molecular weight excluding hydrogens is 260 g/mol. The number of ether oxygens (including phenoxy) is 1. The summed E-state index contributed by atoms with van der Waals surface area (Å²) >= 11 is 5.86. The third-order valence-corrected chi connectivity index (χ3v) is 2.97. The molecule has 19 heavy (non-hydrogen) atoms. The SMILES string of the molecule is Clc1ccc(Oc2ccccc2-c2ccco2)cc1. The highest BCUT2D eigenvalue weighted by Crippen LogP contribution is 2.33. The molecule has 0 aliphatic rings. The van der Waals surface area contributed by atoms with Crippen LogP contribution in [0.4, 0.5) is 0 Å². The maximum atomic E-state index is 5.87. The first kappa shape index (κ1) is 11.9. The maximum absolute atomic E-state index is 5.87. The van der Waals surface area contributed by atoms with E-state index in [0.717, 1.165) is 22.8 Å². The van der Waals surface area contributed by atoms with Crippen molar-refractivity contribution in [3.05, 3.63) is 71.9 Å². The largest absolute Gasteiger partial charge is 0.464 e. The number of furan rings is 1. The molecule has 0 fully saturated rings. The Kier molecular flexibility index (Phi) is 3.25. The van der Waals surface area contributed by atoms with Crippen LogP contribution < -0.4 is 4.74 Å². The summed E-state index contributed by atoms with van der Waals surface area (Å²) in [5, 5.41) is 0.687. The van der Waals surface area contributed by atoms with Crippen LogP contribution in [0.1, 0.15) is 0 Å². The van der Waals surface area contributed by atoms with Gasteiger partial charge in [-0.1, -0.05) is 23.7 Å². The second-order valence-electron chi connectivity index (χ2n) is 4.03. The molecule has 0 saturated heterocycles. The summed E-state index contributed by atoms with van der Waals surface area (Å²) in [6.45, 7) is 0. The van der Waals surface area contributed by atoms with Gasteiger partial charge in [-0.05, 0) is 48.5 Å². The molecule has 0 aliphatic carbocycles. The van der Waals surface area contributed by atoms with E-state index in [1.165, 1.54) is 0 Å². The molecule has 0 spiro atoms. The number of para-hydroxylation sites is 1. The van der Waals surface area contributed by atoms with Crippen molar-refractivity contribution in [3.63, 3.8) is 0 Å². The molecule has 2 aromatic carbocycles. The average molecular weight is 271 g/mol. The van der Waals surface area contributed by atoms with E-state index in [1.807, 2.05) is 48.5 Å². The number of benzene rings is 2. The minimum atomic E-state index is 0.687. The van der Waals surface area contributed by atoms with Gasteiger partial charge in [-0.2, -0.15) is 0 Å². The highest BCUT2D eigenvalue weighted by atomic mass is 35.5. The van der Waals surface area contributed by atoms with Gasteiger partial charge in [0, 0.05) is 5.02 Å². The number of rotatable bonds is 3. The molecule has 3 heteroatoms. The molecule has 1 heterocycles. The van der Waals surface area contributed by atoms with Gasteiger partial charge >= 0.3 is 0 Å². The third-order valence-electron chi connectivity index (χ3n) is 2.72. The van der Waals surface area contributed by atoms with E-state index in [1.54, 1.807) is 18.4 Å². The summed E-state index contributed by atoms with van der Waals surface area (Å²) < 4.78 is 11.3. The van der Waals surface area contributed by atoms with Crippen LogP contribution >= 0.6 is 11.6 Å². The Morgan fingerprint density at radius 3 is 2.37 bits per heavy atom. The molecule has 0 atom stereocenters. The molecule has 0 amide bonds. The maximum Gasteiger partial charge on any atom is 0.138 e. The fourth-order valence-electron chi connectivity index (χ4n) is 1.82.